The largest absolute Gasteiger partial charge is 0.457 e. The molecule has 0 radical (unpaired) electrons. The Morgan fingerprint density at radius 2 is 1.75 bits per heavy atom. The Balaban J connectivity index is 1.46. The number of amides is 1. The molecule has 0 N–H and O–H groups in total. The lowest BCUT2D eigenvalue weighted by molar-refractivity contribution is -0.189. The molecule has 1 heterocycles. The smallest absolute Gasteiger partial charge is 0.410 e. The van der Waals surface area contributed by atoms with Crippen molar-refractivity contribution in [1.82, 2.24) is 9.80 Å². The van der Waals surface area contributed by atoms with Gasteiger partial charge in [-0.25, -0.2) is 4.79 Å². The molecule has 3 aliphatic rings. The molecular formula is C32H40N2O6. The number of esters is 2. The molecule has 8 nitrogen and oxygen atoms in total. The molecule has 8 heteroatoms. The molecule has 1 amide bonds. The minimum absolute atomic E-state index is 0.112. The highest BCUT2D eigenvalue weighted by atomic mass is 16.6. The minimum atomic E-state index is -0.758. The number of ether oxygens (including phenoxy) is 3. The molecule has 3 atom stereocenters. The second kappa shape index (κ2) is 11.6. The van der Waals surface area contributed by atoms with Crippen LogP contribution in [0.3, 0.4) is 0 Å². The Morgan fingerprint density at radius 3 is 2.45 bits per heavy atom. The molecule has 0 unspecified atom stereocenters. The van der Waals surface area contributed by atoms with Crippen LogP contribution in [0.2, 0.25) is 0 Å². The topological polar surface area (TPSA) is 85.4 Å². The van der Waals surface area contributed by atoms with E-state index in [1.165, 1.54) is 26.7 Å². The second-order valence-electron chi connectivity index (χ2n) is 11.8. The fourth-order valence-corrected chi connectivity index (χ4v) is 6.81. The fourth-order valence-electron chi connectivity index (χ4n) is 6.81. The number of hydrogen-bond acceptors (Lipinski definition) is 7. The van der Waals surface area contributed by atoms with Gasteiger partial charge in [0.15, 0.2) is 0 Å². The van der Waals surface area contributed by atoms with Crippen LogP contribution in [0.4, 0.5) is 4.79 Å². The number of likely N-dealkylation sites (tertiary alicyclic amines) is 1. The lowest BCUT2D eigenvalue weighted by Gasteiger charge is -2.60. The summed E-state index contributed by atoms with van der Waals surface area (Å²) >= 11 is 0. The number of carbonyl (C=O) groups excluding carboxylic acids is 3. The molecule has 1 saturated heterocycles. The molecular weight excluding hydrogens is 508 g/mol. The van der Waals surface area contributed by atoms with Gasteiger partial charge in [0.2, 0.25) is 0 Å². The van der Waals surface area contributed by atoms with Crippen molar-refractivity contribution in [2.24, 2.45) is 5.92 Å². The van der Waals surface area contributed by atoms with Crippen LogP contribution in [0, 0.1) is 5.92 Å². The van der Waals surface area contributed by atoms with E-state index in [4.69, 9.17) is 14.2 Å². The summed E-state index contributed by atoms with van der Waals surface area (Å²) in [6.45, 7) is 5.61. The Hall–Kier alpha value is -3.39. The Labute approximate surface area is 236 Å². The second-order valence-corrected chi connectivity index (χ2v) is 11.8. The first-order valence-corrected chi connectivity index (χ1v) is 14.3. The van der Waals surface area contributed by atoms with Gasteiger partial charge in [-0.2, -0.15) is 0 Å². The maximum Gasteiger partial charge on any atom is 0.410 e. The highest BCUT2D eigenvalue weighted by Gasteiger charge is 2.61. The first-order chi connectivity index (χ1) is 19.2. The minimum Gasteiger partial charge on any atom is -0.457 e. The van der Waals surface area contributed by atoms with E-state index in [1.54, 1.807) is 18.0 Å². The maximum absolute atomic E-state index is 13.2. The zero-order chi connectivity index (χ0) is 28.3. The van der Waals surface area contributed by atoms with E-state index in [2.05, 4.69) is 4.90 Å². The monoisotopic (exact) mass is 548 g/mol. The number of carbonyl (C=O) groups is 3. The molecule has 0 aromatic heterocycles. The van der Waals surface area contributed by atoms with Crippen molar-refractivity contribution in [1.29, 1.82) is 0 Å². The van der Waals surface area contributed by atoms with Crippen LogP contribution in [0.5, 0.6) is 5.75 Å². The van der Waals surface area contributed by atoms with Crippen molar-refractivity contribution in [2.45, 2.75) is 76.0 Å². The van der Waals surface area contributed by atoms with Gasteiger partial charge in [-0.15, -0.1) is 0 Å². The number of benzene rings is 2. The zero-order valence-electron chi connectivity index (χ0n) is 23.8. The van der Waals surface area contributed by atoms with Crippen molar-refractivity contribution in [3.63, 3.8) is 0 Å². The summed E-state index contributed by atoms with van der Waals surface area (Å²) in [6, 6.07) is 17.1. The van der Waals surface area contributed by atoms with Crippen molar-refractivity contribution in [2.75, 3.05) is 26.7 Å². The van der Waals surface area contributed by atoms with E-state index in [1.807, 2.05) is 48.5 Å². The number of fused-ring (bicyclic) bond motifs is 1. The highest BCUT2D eigenvalue weighted by molar-refractivity contribution is 5.70. The molecule has 214 valence electrons. The SMILES string of the molecule is CC(=O)Oc1cccc([C@@]23CCN(CC4CC4)C[C@@]2(OC(C)=O)CC[C@@H](N(C)C(=O)OCc2ccccc2)C3)c1. The fraction of sp³-hybridized carbons (Fsp3) is 0.531. The first-order valence-electron chi connectivity index (χ1n) is 14.3. The predicted molar refractivity (Wildman–Crippen MR) is 150 cm³/mol. The lowest BCUT2D eigenvalue weighted by atomic mass is 9.55. The molecule has 2 aromatic rings. The van der Waals surface area contributed by atoms with Gasteiger partial charge in [-0.3, -0.25) is 14.5 Å². The average Bonchev–Trinajstić information content (AvgIpc) is 3.75. The third-order valence-electron chi connectivity index (χ3n) is 8.91. The number of piperidine rings is 1. The normalized spacial score (nSPS) is 26.3. The van der Waals surface area contributed by atoms with Gasteiger partial charge < -0.3 is 19.1 Å². The van der Waals surface area contributed by atoms with E-state index in [0.717, 1.165) is 36.6 Å². The van der Waals surface area contributed by atoms with Crippen LogP contribution in [-0.2, 0) is 31.1 Å². The van der Waals surface area contributed by atoms with E-state index in [-0.39, 0.29) is 30.7 Å². The molecule has 2 saturated carbocycles. The van der Waals surface area contributed by atoms with Crippen molar-refractivity contribution in [3.05, 3.63) is 65.7 Å². The highest BCUT2D eigenvalue weighted by Crippen LogP contribution is 2.55. The molecule has 3 fully saturated rings. The van der Waals surface area contributed by atoms with Gasteiger partial charge in [0.25, 0.3) is 0 Å². The summed E-state index contributed by atoms with van der Waals surface area (Å²) in [5, 5.41) is 0. The van der Waals surface area contributed by atoms with Gasteiger partial charge in [0.1, 0.15) is 18.0 Å². The van der Waals surface area contributed by atoms with Crippen LogP contribution in [0.15, 0.2) is 54.6 Å². The summed E-state index contributed by atoms with van der Waals surface area (Å²) < 4.78 is 17.5. The van der Waals surface area contributed by atoms with E-state index in [0.29, 0.717) is 31.6 Å². The molecule has 5 rings (SSSR count). The summed E-state index contributed by atoms with van der Waals surface area (Å²) in [5.41, 5.74) is 0.579. The molecule has 1 aliphatic heterocycles. The summed E-state index contributed by atoms with van der Waals surface area (Å²) in [7, 11) is 1.79. The van der Waals surface area contributed by atoms with Crippen molar-refractivity contribution >= 4 is 18.0 Å². The third-order valence-corrected chi connectivity index (χ3v) is 8.91. The van der Waals surface area contributed by atoms with Crippen LogP contribution in [0.25, 0.3) is 0 Å². The standard InChI is InChI=1S/C32H40N2O6/c1-23(35)39-29-11-7-10-27(18-29)31-16-17-34(20-25-12-13-25)22-32(31,40-24(2)36)15-14-28(19-31)33(3)30(37)38-21-26-8-5-4-6-9-26/h4-11,18,25,28H,12-17,19-22H2,1-3H3/t28-,31+,32+/m1/s1. The van der Waals surface area contributed by atoms with Crippen molar-refractivity contribution in [3.8, 4) is 5.75 Å². The van der Waals surface area contributed by atoms with Crippen LogP contribution in [0.1, 0.15) is 63.5 Å². The maximum atomic E-state index is 13.2. The van der Waals surface area contributed by atoms with Gasteiger partial charge in [-0.05, 0) is 74.2 Å². The van der Waals surface area contributed by atoms with Gasteiger partial charge in [0.05, 0.1) is 0 Å². The quantitative estimate of drug-likeness (QED) is 0.336. The van der Waals surface area contributed by atoms with E-state index >= 15 is 0 Å². The number of nitrogens with zero attached hydrogens (tertiary/aromatic N) is 2. The molecule has 0 bridgehead atoms. The zero-order valence-corrected chi connectivity index (χ0v) is 23.8. The Morgan fingerprint density at radius 1 is 0.975 bits per heavy atom. The van der Waals surface area contributed by atoms with Crippen LogP contribution in [-0.4, -0.2) is 66.2 Å². The average molecular weight is 549 g/mol. The van der Waals surface area contributed by atoms with Crippen LogP contribution >= 0.6 is 0 Å². The third kappa shape index (κ3) is 6.02. The molecule has 2 aromatic carbocycles. The first kappa shape index (κ1) is 28.1. The summed E-state index contributed by atoms with van der Waals surface area (Å²) in [6.07, 6.45) is 4.82. The molecule has 40 heavy (non-hydrogen) atoms. The number of rotatable bonds is 8. The van der Waals surface area contributed by atoms with Gasteiger partial charge >= 0.3 is 18.0 Å². The lowest BCUT2D eigenvalue weighted by Crippen LogP contribution is -2.68. The van der Waals surface area contributed by atoms with Gasteiger partial charge in [0, 0.05) is 45.4 Å². The number of hydrogen-bond donors (Lipinski definition) is 0. The predicted octanol–water partition coefficient (Wildman–Crippen LogP) is 5.09. The van der Waals surface area contributed by atoms with E-state index < -0.39 is 11.0 Å². The van der Waals surface area contributed by atoms with E-state index in [9.17, 15) is 14.4 Å². The molecule has 2 aliphatic carbocycles. The van der Waals surface area contributed by atoms with Gasteiger partial charge in [-0.1, -0.05) is 42.5 Å². The van der Waals surface area contributed by atoms with Crippen molar-refractivity contribution < 1.29 is 28.6 Å². The summed E-state index contributed by atoms with van der Waals surface area (Å²) in [5.74, 6) is 0.496. The Kier molecular flexibility index (Phi) is 8.17. The molecule has 0 spiro atoms. The Bertz CT molecular complexity index is 1230. The van der Waals surface area contributed by atoms with Crippen LogP contribution < -0.4 is 4.74 Å². The summed E-state index contributed by atoms with van der Waals surface area (Å²) in [4.78, 5) is 41.7.